The Morgan fingerprint density at radius 3 is 2.75 bits per heavy atom. The van der Waals surface area contributed by atoms with E-state index in [1.165, 1.54) is 12.1 Å². The molecule has 1 aromatic rings. The van der Waals surface area contributed by atoms with Crippen molar-refractivity contribution in [2.75, 3.05) is 37.4 Å². The maximum absolute atomic E-state index is 13.4. The molecule has 32 heavy (non-hydrogen) atoms. The minimum atomic E-state index is -0.979. The molecule has 1 saturated carbocycles. The molecule has 0 bridgehead atoms. The van der Waals surface area contributed by atoms with Crippen molar-refractivity contribution in [3.05, 3.63) is 41.5 Å². The van der Waals surface area contributed by atoms with Crippen LogP contribution in [-0.4, -0.2) is 64.3 Å². The SMILES string of the molecule is CCC[S+]([O-])N1CCN(C(/C=N\Nc2cccc(F)c2)=C(/C=O)OC2CCC(C)C2)CC1. The zero-order valence-corrected chi connectivity index (χ0v) is 19.7. The third-order valence-electron chi connectivity index (χ3n) is 5.75. The Morgan fingerprint density at radius 2 is 2.12 bits per heavy atom. The number of carbonyl (C=O) groups is 1. The molecular weight excluding hydrogens is 431 g/mol. The van der Waals surface area contributed by atoms with Crippen molar-refractivity contribution in [2.45, 2.75) is 45.6 Å². The second kappa shape index (κ2) is 12.2. The fourth-order valence-corrected chi connectivity index (χ4v) is 5.23. The van der Waals surface area contributed by atoms with E-state index in [9.17, 15) is 13.7 Å². The Morgan fingerprint density at radius 1 is 1.34 bits per heavy atom. The standard InChI is InChI=1S/C23H33FN4O3S/c1-3-13-32(30)28-11-9-27(10-12-28)22(16-25-26-20-6-4-5-19(24)15-20)23(17-29)31-21-8-7-18(2)14-21/h4-6,15-18,21,26H,3,7-14H2,1-2H3/b23-22-,25-16-. The van der Waals surface area contributed by atoms with E-state index in [1.807, 2.05) is 16.1 Å². The van der Waals surface area contributed by atoms with Crippen LogP contribution in [-0.2, 0) is 20.9 Å². The topological polar surface area (TPSA) is 80.2 Å². The number of hydrogen-bond donors (Lipinski definition) is 1. The number of anilines is 1. The Hall–Kier alpha value is -2.10. The molecule has 1 aliphatic carbocycles. The quantitative estimate of drug-likeness (QED) is 0.143. The van der Waals surface area contributed by atoms with Gasteiger partial charge in [-0.05, 0) is 49.8 Å². The third-order valence-corrected chi connectivity index (χ3v) is 7.45. The molecule has 0 aromatic heterocycles. The fourth-order valence-electron chi connectivity index (χ4n) is 4.05. The number of benzene rings is 1. The molecule has 1 aromatic carbocycles. The van der Waals surface area contributed by atoms with Crippen molar-refractivity contribution < 1.29 is 18.5 Å². The molecule has 9 heteroatoms. The van der Waals surface area contributed by atoms with Gasteiger partial charge in [-0.15, -0.1) is 4.31 Å². The Labute approximate surface area is 193 Å². The van der Waals surface area contributed by atoms with Crippen molar-refractivity contribution in [2.24, 2.45) is 11.0 Å². The predicted octanol–water partition coefficient (Wildman–Crippen LogP) is 3.53. The van der Waals surface area contributed by atoms with E-state index in [2.05, 4.69) is 17.5 Å². The van der Waals surface area contributed by atoms with Gasteiger partial charge in [0.05, 0.1) is 31.1 Å². The number of allylic oxidation sites excluding steroid dienone is 2. The molecule has 0 spiro atoms. The van der Waals surface area contributed by atoms with Crippen LogP contribution in [0.5, 0.6) is 0 Å². The van der Waals surface area contributed by atoms with Gasteiger partial charge in [0.2, 0.25) is 0 Å². The van der Waals surface area contributed by atoms with E-state index < -0.39 is 11.4 Å². The normalized spacial score (nSPS) is 23.8. The first-order valence-corrected chi connectivity index (χ1v) is 12.6. The van der Waals surface area contributed by atoms with Crippen molar-refractivity contribution in [3.8, 4) is 0 Å². The number of hydrogen-bond acceptors (Lipinski definition) is 7. The van der Waals surface area contributed by atoms with Crippen LogP contribution in [0, 0.1) is 11.7 Å². The molecule has 3 unspecified atom stereocenters. The molecule has 2 fully saturated rings. The molecule has 3 rings (SSSR count). The zero-order chi connectivity index (χ0) is 22.9. The number of piperazine rings is 1. The van der Waals surface area contributed by atoms with E-state index in [0.717, 1.165) is 32.0 Å². The molecule has 1 N–H and O–H groups in total. The smallest absolute Gasteiger partial charge is 0.186 e. The second-order valence-electron chi connectivity index (χ2n) is 8.35. The summed E-state index contributed by atoms with van der Waals surface area (Å²) >= 11 is -0.979. The Kier molecular flexibility index (Phi) is 9.37. The van der Waals surface area contributed by atoms with Crippen LogP contribution in [0.25, 0.3) is 0 Å². The average molecular weight is 465 g/mol. The largest absolute Gasteiger partial charge is 0.598 e. The summed E-state index contributed by atoms with van der Waals surface area (Å²) in [6, 6.07) is 6.02. The first kappa shape index (κ1) is 24.5. The van der Waals surface area contributed by atoms with Crippen LogP contribution in [0.15, 0.2) is 40.8 Å². The van der Waals surface area contributed by atoms with Crippen LogP contribution in [0.3, 0.4) is 0 Å². The summed E-state index contributed by atoms with van der Waals surface area (Å²) in [5.41, 5.74) is 3.92. The van der Waals surface area contributed by atoms with Crippen molar-refractivity contribution >= 4 is 29.6 Å². The maximum atomic E-state index is 13.4. The molecular formula is C23H33FN4O3S. The predicted molar refractivity (Wildman–Crippen MR) is 126 cm³/mol. The van der Waals surface area contributed by atoms with Gasteiger partial charge in [0.15, 0.2) is 12.0 Å². The lowest BCUT2D eigenvalue weighted by Gasteiger charge is -2.36. The highest BCUT2D eigenvalue weighted by atomic mass is 32.2. The summed E-state index contributed by atoms with van der Waals surface area (Å²) in [4.78, 5) is 14.0. The Balaban J connectivity index is 1.75. The lowest BCUT2D eigenvalue weighted by atomic mass is 10.1. The van der Waals surface area contributed by atoms with E-state index in [1.54, 1.807) is 18.3 Å². The van der Waals surface area contributed by atoms with Crippen LogP contribution < -0.4 is 5.43 Å². The van der Waals surface area contributed by atoms with E-state index >= 15 is 0 Å². The lowest BCUT2D eigenvalue weighted by molar-refractivity contribution is -0.109. The molecule has 1 saturated heterocycles. The highest BCUT2D eigenvalue weighted by Gasteiger charge is 2.29. The summed E-state index contributed by atoms with van der Waals surface area (Å²) in [6.07, 6.45) is 6.13. The number of carbonyl (C=O) groups excluding carboxylic acids is 1. The number of hydrazone groups is 1. The lowest BCUT2D eigenvalue weighted by Crippen LogP contribution is -2.49. The molecule has 2 aliphatic rings. The van der Waals surface area contributed by atoms with Gasteiger partial charge >= 0.3 is 0 Å². The number of nitrogens with zero attached hydrogens (tertiary/aromatic N) is 3. The number of nitrogens with one attached hydrogen (secondary N) is 1. The van der Waals surface area contributed by atoms with Gasteiger partial charge in [0.1, 0.15) is 17.3 Å². The summed E-state index contributed by atoms with van der Waals surface area (Å²) in [5.74, 6) is 1.14. The van der Waals surface area contributed by atoms with Gasteiger partial charge in [0, 0.05) is 24.5 Å². The third kappa shape index (κ3) is 6.95. The summed E-state index contributed by atoms with van der Waals surface area (Å²) in [6.45, 7) is 6.70. The fraction of sp³-hybridized carbons (Fsp3) is 0.565. The molecule has 176 valence electrons. The van der Waals surface area contributed by atoms with Gasteiger partial charge in [-0.3, -0.25) is 10.2 Å². The van der Waals surface area contributed by atoms with E-state index in [0.29, 0.717) is 49.2 Å². The van der Waals surface area contributed by atoms with Gasteiger partial charge < -0.3 is 14.2 Å². The van der Waals surface area contributed by atoms with Crippen LogP contribution in [0.4, 0.5) is 10.1 Å². The summed E-state index contributed by atoms with van der Waals surface area (Å²) < 4.78 is 33.8. The minimum absolute atomic E-state index is 0.0168. The van der Waals surface area contributed by atoms with Gasteiger partial charge in [0.25, 0.3) is 0 Å². The van der Waals surface area contributed by atoms with Gasteiger partial charge in [-0.25, -0.2) is 4.39 Å². The summed E-state index contributed by atoms with van der Waals surface area (Å²) in [7, 11) is 0. The number of aldehydes is 1. The van der Waals surface area contributed by atoms with E-state index in [-0.39, 0.29) is 17.7 Å². The van der Waals surface area contributed by atoms with E-state index in [4.69, 9.17) is 4.74 Å². The second-order valence-corrected chi connectivity index (χ2v) is 9.92. The number of halogens is 1. The first-order chi connectivity index (χ1) is 15.5. The molecule has 1 aliphatic heterocycles. The molecule has 3 atom stereocenters. The molecule has 0 amide bonds. The highest BCUT2D eigenvalue weighted by molar-refractivity contribution is 7.89. The minimum Gasteiger partial charge on any atom is -0.598 e. The van der Waals surface area contributed by atoms with Crippen LogP contribution >= 0.6 is 0 Å². The van der Waals surface area contributed by atoms with Crippen molar-refractivity contribution in [1.29, 1.82) is 0 Å². The highest BCUT2D eigenvalue weighted by Crippen LogP contribution is 2.29. The monoisotopic (exact) mass is 464 g/mol. The Bertz CT molecular complexity index is 814. The van der Waals surface area contributed by atoms with Crippen LogP contribution in [0.1, 0.15) is 39.5 Å². The average Bonchev–Trinajstić information content (AvgIpc) is 3.20. The molecule has 7 nitrogen and oxygen atoms in total. The molecule has 1 heterocycles. The maximum Gasteiger partial charge on any atom is 0.186 e. The van der Waals surface area contributed by atoms with Crippen molar-refractivity contribution in [3.63, 3.8) is 0 Å². The number of rotatable bonds is 10. The summed E-state index contributed by atoms with van der Waals surface area (Å²) in [5, 5.41) is 4.25. The van der Waals surface area contributed by atoms with Crippen LogP contribution in [0.2, 0.25) is 0 Å². The number of ether oxygens (including phenoxy) is 1. The zero-order valence-electron chi connectivity index (χ0n) is 18.8. The van der Waals surface area contributed by atoms with Crippen molar-refractivity contribution in [1.82, 2.24) is 9.21 Å². The van der Waals surface area contributed by atoms with Gasteiger partial charge in [-0.2, -0.15) is 5.10 Å². The first-order valence-electron chi connectivity index (χ1n) is 11.3. The van der Waals surface area contributed by atoms with Gasteiger partial charge in [-0.1, -0.05) is 19.9 Å². The molecule has 0 radical (unpaired) electrons.